The summed E-state index contributed by atoms with van der Waals surface area (Å²) in [4.78, 5) is 13.1. The highest BCUT2D eigenvalue weighted by molar-refractivity contribution is 6.05. The molecule has 1 amide bonds. The molecule has 0 spiro atoms. The maximum atomic E-state index is 13.2. The molecular formula is C25H24F3N3O2. The summed E-state index contributed by atoms with van der Waals surface area (Å²) in [6.07, 6.45) is 1.20. The van der Waals surface area contributed by atoms with E-state index in [1.807, 2.05) is 18.2 Å². The van der Waals surface area contributed by atoms with Crippen LogP contribution in [0.1, 0.15) is 58.8 Å². The Morgan fingerprint density at radius 1 is 1.09 bits per heavy atom. The number of amides is 1. The summed E-state index contributed by atoms with van der Waals surface area (Å²) in [5.41, 5.74) is 2.18. The van der Waals surface area contributed by atoms with Gasteiger partial charge in [-0.1, -0.05) is 18.2 Å². The number of halogens is 3. The lowest BCUT2D eigenvalue weighted by molar-refractivity contribution is -0.137. The first-order valence-electron chi connectivity index (χ1n) is 11.1. The summed E-state index contributed by atoms with van der Waals surface area (Å²) in [6, 6.07) is 12.5. The van der Waals surface area contributed by atoms with Gasteiger partial charge in [0.2, 0.25) is 0 Å². The summed E-state index contributed by atoms with van der Waals surface area (Å²) in [6.45, 7) is 1.25. The SMILES string of the molecule is O=C(Nc1cccc(COCC2CC2)c1)c1cnn(-c2cccc(C(F)(F)F)c2)c1C1CC1. The molecule has 2 aliphatic carbocycles. The van der Waals surface area contributed by atoms with Crippen LogP contribution in [-0.4, -0.2) is 22.3 Å². The average Bonchev–Trinajstić information content (AvgIpc) is 3.72. The second-order valence-electron chi connectivity index (χ2n) is 8.79. The molecule has 1 aromatic heterocycles. The number of carbonyl (C=O) groups is 1. The lowest BCUT2D eigenvalue weighted by Crippen LogP contribution is -2.14. The van der Waals surface area contributed by atoms with E-state index in [1.54, 1.807) is 12.1 Å². The third kappa shape index (κ3) is 5.11. The van der Waals surface area contributed by atoms with Crippen molar-refractivity contribution in [1.82, 2.24) is 9.78 Å². The van der Waals surface area contributed by atoms with Crippen molar-refractivity contribution in [3.05, 3.63) is 77.1 Å². The Balaban J connectivity index is 1.36. The summed E-state index contributed by atoms with van der Waals surface area (Å²) < 4.78 is 46.7. The van der Waals surface area contributed by atoms with Gasteiger partial charge in [0.25, 0.3) is 5.91 Å². The Bertz CT molecular complexity index is 1160. The number of benzene rings is 2. The predicted molar refractivity (Wildman–Crippen MR) is 117 cm³/mol. The fraction of sp³-hybridized carbons (Fsp3) is 0.360. The Hall–Kier alpha value is -3.13. The highest BCUT2D eigenvalue weighted by Gasteiger charge is 2.34. The van der Waals surface area contributed by atoms with Gasteiger partial charge in [0.15, 0.2) is 0 Å². The molecule has 3 aromatic rings. The van der Waals surface area contributed by atoms with E-state index in [2.05, 4.69) is 10.4 Å². The highest BCUT2D eigenvalue weighted by Crippen LogP contribution is 2.43. The number of carbonyl (C=O) groups excluding carboxylic acids is 1. The lowest BCUT2D eigenvalue weighted by atomic mass is 10.1. The molecule has 5 nitrogen and oxygen atoms in total. The summed E-state index contributed by atoms with van der Waals surface area (Å²) in [5, 5.41) is 7.19. The molecule has 1 heterocycles. The number of alkyl halides is 3. The standard InChI is InChI=1S/C25H24F3N3O2/c26-25(27,28)19-4-2-6-21(12-19)31-23(18-9-10-18)22(13-29-31)24(32)30-20-5-1-3-17(11-20)15-33-14-16-7-8-16/h1-6,11-13,16,18H,7-10,14-15H2,(H,30,32). The van der Waals surface area contributed by atoms with Gasteiger partial charge in [0.1, 0.15) is 0 Å². The lowest BCUT2D eigenvalue weighted by Gasteiger charge is -2.12. The second-order valence-corrected chi connectivity index (χ2v) is 8.79. The molecule has 0 aliphatic heterocycles. The fourth-order valence-corrected chi connectivity index (χ4v) is 3.87. The number of hydrogen-bond acceptors (Lipinski definition) is 3. The largest absolute Gasteiger partial charge is 0.416 e. The van der Waals surface area contributed by atoms with Crippen molar-refractivity contribution in [2.24, 2.45) is 5.92 Å². The van der Waals surface area contributed by atoms with E-state index >= 15 is 0 Å². The molecule has 0 radical (unpaired) electrons. The third-order valence-corrected chi connectivity index (χ3v) is 5.94. The monoisotopic (exact) mass is 455 g/mol. The Morgan fingerprint density at radius 2 is 1.88 bits per heavy atom. The molecular weight excluding hydrogens is 431 g/mol. The van der Waals surface area contributed by atoms with Gasteiger partial charge in [-0.25, -0.2) is 4.68 Å². The van der Waals surface area contributed by atoms with E-state index in [-0.39, 0.29) is 11.8 Å². The van der Waals surface area contributed by atoms with Crippen LogP contribution in [0.4, 0.5) is 18.9 Å². The minimum Gasteiger partial charge on any atom is -0.376 e. The maximum absolute atomic E-state index is 13.2. The molecule has 2 aromatic carbocycles. The minimum atomic E-state index is -4.45. The van der Waals surface area contributed by atoms with Gasteiger partial charge < -0.3 is 10.1 Å². The average molecular weight is 455 g/mol. The molecule has 0 bridgehead atoms. The van der Waals surface area contributed by atoms with Gasteiger partial charge in [0.05, 0.1) is 35.3 Å². The fourth-order valence-electron chi connectivity index (χ4n) is 3.87. The van der Waals surface area contributed by atoms with E-state index in [9.17, 15) is 18.0 Å². The highest BCUT2D eigenvalue weighted by atomic mass is 19.4. The van der Waals surface area contributed by atoms with Gasteiger partial charge in [-0.05, 0) is 67.5 Å². The first-order valence-corrected chi connectivity index (χ1v) is 11.1. The maximum Gasteiger partial charge on any atom is 0.416 e. The van der Waals surface area contributed by atoms with Crippen LogP contribution < -0.4 is 5.32 Å². The van der Waals surface area contributed by atoms with Crippen LogP contribution in [-0.2, 0) is 17.5 Å². The van der Waals surface area contributed by atoms with E-state index in [4.69, 9.17) is 4.74 Å². The van der Waals surface area contributed by atoms with E-state index in [0.717, 1.165) is 37.1 Å². The smallest absolute Gasteiger partial charge is 0.376 e. The molecule has 2 aliphatic rings. The van der Waals surface area contributed by atoms with Crippen LogP contribution >= 0.6 is 0 Å². The van der Waals surface area contributed by atoms with E-state index in [1.165, 1.54) is 29.8 Å². The molecule has 0 unspecified atom stereocenters. The molecule has 2 fully saturated rings. The van der Waals surface area contributed by atoms with Gasteiger partial charge in [0, 0.05) is 18.2 Å². The summed E-state index contributed by atoms with van der Waals surface area (Å²) >= 11 is 0. The molecule has 0 saturated heterocycles. The van der Waals surface area contributed by atoms with Crippen LogP contribution in [0.2, 0.25) is 0 Å². The number of nitrogens with one attached hydrogen (secondary N) is 1. The van der Waals surface area contributed by atoms with Crippen LogP contribution in [0.5, 0.6) is 0 Å². The van der Waals surface area contributed by atoms with Crippen LogP contribution in [0.3, 0.4) is 0 Å². The Morgan fingerprint density at radius 3 is 2.61 bits per heavy atom. The van der Waals surface area contributed by atoms with Crippen molar-refractivity contribution in [2.75, 3.05) is 11.9 Å². The minimum absolute atomic E-state index is 0.102. The van der Waals surface area contributed by atoms with Crippen molar-refractivity contribution < 1.29 is 22.7 Å². The molecule has 5 rings (SSSR count). The summed E-state index contributed by atoms with van der Waals surface area (Å²) in [7, 11) is 0. The van der Waals surface area contributed by atoms with Crippen molar-refractivity contribution in [3.63, 3.8) is 0 Å². The zero-order valence-corrected chi connectivity index (χ0v) is 17.9. The number of ether oxygens (including phenoxy) is 1. The van der Waals surface area contributed by atoms with Crippen molar-refractivity contribution in [3.8, 4) is 5.69 Å². The first-order chi connectivity index (χ1) is 15.9. The normalized spacial score (nSPS) is 16.1. The van der Waals surface area contributed by atoms with E-state index in [0.29, 0.717) is 35.2 Å². The van der Waals surface area contributed by atoms with E-state index < -0.39 is 11.7 Å². The van der Waals surface area contributed by atoms with Crippen LogP contribution in [0.15, 0.2) is 54.7 Å². The molecule has 2 saturated carbocycles. The second kappa shape index (κ2) is 8.67. The molecule has 172 valence electrons. The van der Waals surface area contributed by atoms with Crippen LogP contribution in [0, 0.1) is 5.92 Å². The topological polar surface area (TPSA) is 56.1 Å². The Labute approximate surface area is 189 Å². The van der Waals surface area contributed by atoms with Crippen molar-refractivity contribution in [1.29, 1.82) is 0 Å². The van der Waals surface area contributed by atoms with Gasteiger partial charge in [-0.15, -0.1) is 0 Å². The molecule has 1 N–H and O–H groups in total. The number of nitrogens with zero attached hydrogens (tertiary/aromatic N) is 2. The zero-order valence-electron chi connectivity index (χ0n) is 17.9. The first kappa shape index (κ1) is 21.7. The van der Waals surface area contributed by atoms with Gasteiger partial charge in [-0.3, -0.25) is 4.79 Å². The van der Waals surface area contributed by atoms with Gasteiger partial charge >= 0.3 is 6.18 Å². The number of hydrogen-bond donors (Lipinski definition) is 1. The van der Waals surface area contributed by atoms with Crippen molar-refractivity contribution >= 4 is 11.6 Å². The van der Waals surface area contributed by atoms with Crippen LogP contribution in [0.25, 0.3) is 5.69 Å². The zero-order chi connectivity index (χ0) is 23.0. The predicted octanol–water partition coefficient (Wildman–Crippen LogP) is 5.95. The molecule has 8 heteroatoms. The van der Waals surface area contributed by atoms with Gasteiger partial charge in [-0.2, -0.15) is 18.3 Å². The molecule has 0 atom stereocenters. The number of rotatable bonds is 8. The molecule has 33 heavy (non-hydrogen) atoms. The third-order valence-electron chi connectivity index (χ3n) is 5.94. The van der Waals surface area contributed by atoms with Crippen molar-refractivity contribution in [2.45, 2.75) is 44.4 Å². The quantitative estimate of drug-likeness (QED) is 0.457. The number of aromatic nitrogens is 2. The Kier molecular flexibility index (Phi) is 5.70. The summed E-state index contributed by atoms with van der Waals surface area (Å²) in [5.74, 6) is 0.457. The number of anilines is 1.